The van der Waals surface area contributed by atoms with Gasteiger partial charge in [-0.25, -0.2) is 0 Å². The Morgan fingerprint density at radius 2 is 0.640 bits per heavy atom. The van der Waals surface area contributed by atoms with E-state index in [0.717, 1.165) is 17.3 Å². The van der Waals surface area contributed by atoms with Crippen molar-refractivity contribution >= 4 is 22.1 Å². The molecule has 13 rings (SSSR count). The van der Waals surface area contributed by atoms with Crippen LogP contribution in [-0.2, 0) is 0 Å². The molecule has 4 heteroatoms. The lowest BCUT2D eigenvalue weighted by molar-refractivity contribution is 0.506. The first-order chi connectivity index (χ1) is 42.2. The summed E-state index contributed by atoms with van der Waals surface area (Å²) in [5.41, 5.74) is 22.0. The van der Waals surface area contributed by atoms with Crippen molar-refractivity contribution in [3.8, 4) is 44.5 Å². The predicted molar refractivity (Wildman–Crippen MR) is 369 cm³/mol. The molecule has 0 saturated carbocycles. The minimum absolute atomic E-state index is 0.0342. The first-order valence-electron chi connectivity index (χ1n) is 30.3. The van der Waals surface area contributed by atoms with E-state index in [2.05, 4.69) is 328 Å². The topological polar surface area (TPSA) is 48.1 Å². The molecule has 86 heavy (non-hydrogen) atoms. The molecule has 0 amide bonds. The zero-order valence-corrected chi connectivity index (χ0v) is 50.8. The van der Waals surface area contributed by atoms with Crippen LogP contribution in [0.15, 0.2) is 303 Å². The van der Waals surface area contributed by atoms with Gasteiger partial charge in [0, 0.05) is 11.4 Å². The van der Waals surface area contributed by atoms with Crippen molar-refractivity contribution < 1.29 is 0 Å². The van der Waals surface area contributed by atoms with Gasteiger partial charge in [-0.2, -0.15) is 0 Å². The van der Waals surface area contributed by atoms with Crippen LogP contribution in [-0.4, -0.2) is 0 Å². The normalized spacial score (nSPS) is 15.9. The van der Waals surface area contributed by atoms with E-state index < -0.39 is 0 Å². The highest BCUT2D eigenvalue weighted by molar-refractivity contribution is 5.85. The van der Waals surface area contributed by atoms with Crippen LogP contribution in [0.4, 0.5) is 11.4 Å². The van der Waals surface area contributed by atoms with Crippen LogP contribution in [0.1, 0.15) is 104 Å². The van der Waals surface area contributed by atoms with Crippen molar-refractivity contribution in [3.63, 3.8) is 0 Å². The van der Waals surface area contributed by atoms with Gasteiger partial charge in [0.2, 0.25) is 0 Å². The highest BCUT2D eigenvalue weighted by Gasteiger charge is 2.31. The molecule has 0 aromatic heterocycles. The van der Waals surface area contributed by atoms with Crippen LogP contribution in [0.3, 0.4) is 0 Å². The third kappa shape index (κ3) is 15.0. The molecule has 0 aliphatic carbocycles. The Balaban J connectivity index is 0.000000352. The van der Waals surface area contributed by atoms with E-state index in [1.54, 1.807) is 0 Å². The lowest BCUT2D eigenvalue weighted by Gasteiger charge is -2.36. The molecule has 428 valence electrons. The maximum absolute atomic E-state index is 4.05. The number of anilines is 2. The summed E-state index contributed by atoms with van der Waals surface area (Å²) in [5, 5.41) is 18.2. The molecule has 0 spiro atoms. The first-order valence-corrected chi connectivity index (χ1v) is 30.3. The average molecular weight is 1120 g/mol. The standard InChI is InChI=1S/C62H48N4.C8H10.C6H12.C6H10/c1-5-17-41(18-6-1)49-35-50(42-19-7-2-8-20-42)38-53(37-49)59-55-25-13-15-27-57(55)63-61(65-59)47-31-29-46-34-48(32-30-45(46)33-47)62-64-58-28-16-14-26-56(58)60(66-62)54-39-51(43-21-9-3-10-22-43)36-52(40-54)44-23-11-4-12-24-44;1-7-5-3-4-6-8(7)2;1-4-5-6(2)3;1-3-5-6-4-2/h1-40,59-66H;3-6H,1-2H3;4-6H,1-3H3;3-6H,1-2H3/b;;5-4-;5-3-,6-4-. The van der Waals surface area contributed by atoms with Crippen LogP contribution < -0.4 is 21.3 Å². The van der Waals surface area contributed by atoms with Crippen molar-refractivity contribution in [2.45, 2.75) is 72.9 Å². The fourth-order valence-electron chi connectivity index (χ4n) is 11.3. The number of nitrogens with one attached hydrogen (secondary N) is 4. The number of rotatable bonds is 10. The molecule has 4 unspecified atom stereocenters. The lowest BCUT2D eigenvalue weighted by atomic mass is 9.88. The summed E-state index contributed by atoms with van der Waals surface area (Å²) in [4.78, 5) is 0. The second-order valence-electron chi connectivity index (χ2n) is 22.5. The molecule has 2 aliphatic rings. The monoisotopic (exact) mass is 1120 g/mol. The van der Waals surface area contributed by atoms with Crippen LogP contribution in [0, 0.1) is 19.8 Å². The van der Waals surface area contributed by atoms with Crippen molar-refractivity contribution in [1.29, 1.82) is 0 Å². The number of benzene rings is 11. The van der Waals surface area contributed by atoms with Gasteiger partial charge in [0.25, 0.3) is 0 Å². The molecular weight excluding hydrogens is 1040 g/mol. The van der Waals surface area contributed by atoms with E-state index >= 15 is 0 Å². The quantitative estimate of drug-likeness (QED) is 0.0814. The van der Waals surface area contributed by atoms with Gasteiger partial charge in [-0.15, -0.1) is 0 Å². The number of aryl methyl sites for hydroxylation is 2. The lowest BCUT2D eigenvalue weighted by Crippen LogP contribution is -2.37. The third-order valence-electron chi connectivity index (χ3n) is 15.9. The summed E-state index contributed by atoms with van der Waals surface area (Å²) in [6.45, 7) is 14.6. The Hall–Kier alpha value is -9.58. The number of allylic oxidation sites excluding steroid dienone is 6. The Bertz CT molecular complexity index is 3680. The van der Waals surface area contributed by atoms with Crippen molar-refractivity contribution in [3.05, 3.63) is 348 Å². The summed E-state index contributed by atoms with van der Waals surface area (Å²) in [5.74, 6) is 0.718. The van der Waals surface area contributed by atoms with Gasteiger partial charge >= 0.3 is 0 Å². The van der Waals surface area contributed by atoms with Gasteiger partial charge in [-0.1, -0.05) is 257 Å². The van der Waals surface area contributed by atoms with Crippen molar-refractivity contribution in [2.24, 2.45) is 5.92 Å². The Morgan fingerprint density at radius 3 is 0.942 bits per heavy atom. The fraction of sp³-hybridized carbons (Fsp3) is 0.146. The largest absolute Gasteiger partial charge is 0.366 e. The summed E-state index contributed by atoms with van der Waals surface area (Å²) in [6, 6.07) is 96.4. The van der Waals surface area contributed by atoms with E-state index in [0.29, 0.717) is 0 Å². The Kier molecular flexibility index (Phi) is 20.3. The molecule has 4 atom stereocenters. The van der Waals surface area contributed by atoms with E-state index in [9.17, 15) is 0 Å². The van der Waals surface area contributed by atoms with Crippen LogP contribution >= 0.6 is 0 Å². The van der Waals surface area contributed by atoms with Crippen LogP contribution in [0.2, 0.25) is 0 Å². The molecule has 11 aromatic carbocycles. The molecule has 4 N–H and O–H groups in total. The highest BCUT2D eigenvalue weighted by atomic mass is 15.2. The number of fused-ring (bicyclic) bond motifs is 3. The Labute approximate surface area is 511 Å². The second-order valence-corrected chi connectivity index (χ2v) is 22.5. The maximum Gasteiger partial charge on any atom is 0.104 e. The Morgan fingerprint density at radius 1 is 0.314 bits per heavy atom. The van der Waals surface area contributed by atoms with Gasteiger partial charge < -0.3 is 10.6 Å². The van der Waals surface area contributed by atoms with Gasteiger partial charge in [0.15, 0.2) is 0 Å². The van der Waals surface area contributed by atoms with Gasteiger partial charge in [-0.3, -0.25) is 10.6 Å². The molecule has 2 heterocycles. The minimum atomic E-state index is -0.110. The minimum Gasteiger partial charge on any atom is -0.366 e. The molecule has 0 bridgehead atoms. The molecule has 2 aliphatic heterocycles. The van der Waals surface area contributed by atoms with Gasteiger partial charge in [-0.05, 0) is 201 Å². The molecule has 0 radical (unpaired) electrons. The third-order valence-corrected chi connectivity index (χ3v) is 15.9. The zero-order valence-electron chi connectivity index (χ0n) is 50.8. The molecular formula is C82H80N4. The van der Waals surface area contributed by atoms with Crippen LogP contribution in [0.25, 0.3) is 55.3 Å². The van der Waals surface area contributed by atoms with Gasteiger partial charge in [0.05, 0.1) is 12.1 Å². The number of hydrogen-bond acceptors (Lipinski definition) is 4. The zero-order chi connectivity index (χ0) is 59.6. The maximum atomic E-state index is 4.05. The van der Waals surface area contributed by atoms with Crippen molar-refractivity contribution in [1.82, 2.24) is 10.6 Å². The summed E-state index contributed by atoms with van der Waals surface area (Å²) < 4.78 is 0. The molecule has 11 aromatic rings. The number of para-hydroxylation sites is 2. The SMILES string of the molecule is C/C=C\C(C)C.C/C=C\C=C/C.Cc1ccccc1C.c1ccc(-c2cc(-c3ccccc3)cc(C3NC(c4ccc5cc(C6Nc7ccccc7C(c7cc(-c8ccccc8)cc(-c8ccccc8)c7)N6)ccc5c4)Nc4ccccc43)c2)cc1. The van der Waals surface area contributed by atoms with E-state index in [4.69, 9.17) is 0 Å². The summed E-state index contributed by atoms with van der Waals surface area (Å²) in [7, 11) is 0. The van der Waals surface area contributed by atoms with Crippen molar-refractivity contribution in [2.75, 3.05) is 10.6 Å². The summed E-state index contributed by atoms with van der Waals surface area (Å²) in [6.07, 6.45) is 12.0. The van der Waals surface area contributed by atoms with Gasteiger partial charge in [0.1, 0.15) is 12.3 Å². The molecule has 0 saturated heterocycles. The van der Waals surface area contributed by atoms with E-state index in [-0.39, 0.29) is 24.4 Å². The smallest absolute Gasteiger partial charge is 0.104 e. The summed E-state index contributed by atoms with van der Waals surface area (Å²) >= 11 is 0. The second kappa shape index (κ2) is 29.3. The average Bonchev–Trinajstić information content (AvgIpc) is 2.78. The molecule has 4 nitrogen and oxygen atoms in total. The number of hydrogen-bond donors (Lipinski definition) is 4. The highest BCUT2D eigenvalue weighted by Crippen LogP contribution is 2.43. The predicted octanol–water partition coefficient (Wildman–Crippen LogP) is 21.8. The van der Waals surface area contributed by atoms with E-state index in [1.165, 1.54) is 99.8 Å². The first kappa shape index (κ1) is 59.6. The van der Waals surface area contributed by atoms with Crippen LogP contribution in [0.5, 0.6) is 0 Å². The fourth-order valence-corrected chi connectivity index (χ4v) is 11.3. The molecule has 0 fully saturated rings. The van der Waals surface area contributed by atoms with E-state index in [1.807, 2.05) is 45.1 Å².